The summed E-state index contributed by atoms with van der Waals surface area (Å²) < 4.78 is 4.67. The van der Waals surface area contributed by atoms with Crippen molar-refractivity contribution in [2.45, 2.75) is 13.8 Å². The average Bonchev–Trinajstić information content (AvgIpc) is 2.26. The molecule has 5 heteroatoms. The molecule has 15 heavy (non-hydrogen) atoms. The van der Waals surface area contributed by atoms with Crippen LogP contribution in [-0.4, -0.2) is 61.0 Å². The van der Waals surface area contributed by atoms with Gasteiger partial charge in [-0.1, -0.05) is 6.92 Å². The smallest absolute Gasteiger partial charge is 0.303 e. The first-order valence-corrected chi connectivity index (χ1v) is 5.27. The number of carbonyl (C=O) groups excluding carboxylic acids is 2. The van der Waals surface area contributed by atoms with E-state index in [4.69, 9.17) is 0 Å². The van der Waals surface area contributed by atoms with E-state index < -0.39 is 5.97 Å². The Morgan fingerprint density at radius 1 is 1.20 bits per heavy atom. The summed E-state index contributed by atoms with van der Waals surface area (Å²) in [6.07, 6.45) is 0. The van der Waals surface area contributed by atoms with Crippen molar-refractivity contribution in [3.8, 4) is 0 Å². The van der Waals surface area contributed by atoms with Crippen LogP contribution in [0.2, 0.25) is 0 Å². The predicted molar refractivity (Wildman–Crippen MR) is 55.3 cm³/mol. The van der Waals surface area contributed by atoms with E-state index in [9.17, 15) is 9.59 Å². The Morgan fingerprint density at radius 2 is 1.80 bits per heavy atom. The molecule has 0 aromatic rings. The van der Waals surface area contributed by atoms with E-state index in [0.29, 0.717) is 0 Å². The molecule has 1 heterocycles. The minimum absolute atomic E-state index is 0.0963. The van der Waals surface area contributed by atoms with Gasteiger partial charge in [-0.3, -0.25) is 9.59 Å². The molecule has 5 nitrogen and oxygen atoms in total. The standard InChI is InChI=1S/C10H18N2O3/c1-3-11-4-6-12(7-5-11)10(14)8-15-9(2)13/h3-8H2,1-2H3. The molecule has 0 spiro atoms. The summed E-state index contributed by atoms with van der Waals surface area (Å²) in [5.41, 5.74) is 0. The molecule has 1 aliphatic rings. The molecule has 0 bridgehead atoms. The number of rotatable bonds is 3. The van der Waals surface area contributed by atoms with Gasteiger partial charge in [-0.15, -0.1) is 0 Å². The highest BCUT2D eigenvalue weighted by Crippen LogP contribution is 2.01. The second-order valence-corrected chi connectivity index (χ2v) is 3.60. The monoisotopic (exact) mass is 214 g/mol. The number of esters is 1. The molecule has 0 aromatic heterocycles. The van der Waals surface area contributed by atoms with Gasteiger partial charge in [0.2, 0.25) is 0 Å². The van der Waals surface area contributed by atoms with Crippen molar-refractivity contribution < 1.29 is 14.3 Å². The van der Waals surface area contributed by atoms with Crippen LogP contribution in [0.1, 0.15) is 13.8 Å². The van der Waals surface area contributed by atoms with E-state index in [1.807, 2.05) is 0 Å². The minimum Gasteiger partial charge on any atom is -0.456 e. The fourth-order valence-electron chi connectivity index (χ4n) is 1.57. The van der Waals surface area contributed by atoms with Gasteiger partial charge in [0.05, 0.1) is 0 Å². The van der Waals surface area contributed by atoms with Crippen LogP contribution in [0.15, 0.2) is 0 Å². The van der Waals surface area contributed by atoms with Gasteiger partial charge in [-0.25, -0.2) is 0 Å². The molecule has 0 aromatic carbocycles. The molecule has 0 unspecified atom stereocenters. The third kappa shape index (κ3) is 3.87. The van der Waals surface area contributed by atoms with Gasteiger partial charge in [-0.05, 0) is 6.54 Å². The summed E-state index contributed by atoms with van der Waals surface area (Å²) in [6.45, 7) is 7.58. The molecular formula is C10H18N2O3. The van der Waals surface area contributed by atoms with E-state index >= 15 is 0 Å². The summed E-state index contributed by atoms with van der Waals surface area (Å²) in [4.78, 5) is 26.1. The molecule has 86 valence electrons. The fourth-order valence-corrected chi connectivity index (χ4v) is 1.57. The van der Waals surface area contributed by atoms with Crippen molar-refractivity contribution in [2.24, 2.45) is 0 Å². The first kappa shape index (κ1) is 12.0. The quantitative estimate of drug-likeness (QED) is 0.606. The maximum Gasteiger partial charge on any atom is 0.303 e. The van der Waals surface area contributed by atoms with Crippen LogP contribution >= 0.6 is 0 Å². The van der Waals surface area contributed by atoms with E-state index in [1.165, 1.54) is 6.92 Å². The highest BCUT2D eigenvalue weighted by atomic mass is 16.5. The van der Waals surface area contributed by atoms with Crippen molar-refractivity contribution in [2.75, 3.05) is 39.3 Å². The Labute approximate surface area is 90.0 Å². The normalized spacial score (nSPS) is 17.6. The molecular weight excluding hydrogens is 196 g/mol. The topological polar surface area (TPSA) is 49.9 Å². The predicted octanol–water partition coefficient (Wildman–Crippen LogP) is -0.286. The zero-order chi connectivity index (χ0) is 11.3. The lowest BCUT2D eigenvalue weighted by atomic mass is 10.3. The lowest BCUT2D eigenvalue weighted by Gasteiger charge is -2.33. The van der Waals surface area contributed by atoms with Gasteiger partial charge in [-0.2, -0.15) is 0 Å². The molecule has 0 aliphatic carbocycles. The van der Waals surface area contributed by atoms with Gasteiger partial charge < -0.3 is 14.5 Å². The maximum absolute atomic E-state index is 11.5. The van der Waals surface area contributed by atoms with Crippen LogP contribution < -0.4 is 0 Å². The highest BCUT2D eigenvalue weighted by Gasteiger charge is 2.20. The molecule has 1 saturated heterocycles. The first-order chi connectivity index (χ1) is 7.13. The molecule has 0 radical (unpaired) electrons. The largest absolute Gasteiger partial charge is 0.456 e. The van der Waals surface area contributed by atoms with Crippen molar-refractivity contribution in [1.29, 1.82) is 0 Å². The third-order valence-electron chi connectivity index (χ3n) is 2.57. The van der Waals surface area contributed by atoms with Crippen LogP contribution in [0.5, 0.6) is 0 Å². The molecule has 0 atom stereocenters. The zero-order valence-corrected chi connectivity index (χ0v) is 9.36. The van der Waals surface area contributed by atoms with Gasteiger partial charge in [0.25, 0.3) is 5.91 Å². The second kappa shape index (κ2) is 5.70. The number of amides is 1. The zero-order valence-electron chi connectivity index (χ0n) is 9.36. The van der Waals surface area contributed by atoms with E-state index in [0.717, 1.165) is 32.7 Å². The Hall–Kier alpha value is -1.10. The summed E-state index contributed by atoms with van der Waals surface area (Å²) >= 11 is 0. The van der Waals surface area contributed by atoms with Crippen molar-refractivity contribution >= 4 is 11.9 Å². The SMILES string of the molecule is CCN1CCN(C(=O)COC(C)=O)CC1. The van der Waals surface area contributed by atoms with Crippen LogP contribution in [0, 0.1) is 0 Å². The highest BCUT2D eigenvalue weighted by molar-refractivity contribution is 5.80. The summed E-state index contributed by atoms with van der Waals surface area (Å²) in [7, 11) is 0. The number of nitrogens with zero attached hydrogens (tertiary/aromatic N) is 2. The third-order valence-corrected chi connectivity index (χ3v) is 2.57. The van der Waals surface area contributed by atoms with Gasteiger partial charge in [0.1, 0.15) is 0 Å². The van der Waals surface area contributed by atoms with Crippen molar-refractivity contribution in [3.63, 3.8) is 0 Å². The number of ether oxygens (including phenoxy) is 1. The van der Waals surface area contributed by atoms with Gasteiger partial charge >= 0.3 is 5.97 Å². The second-order valence-electron chi connectivity index (χ2n) is 3.60. The van der Waals surface area contributed by atoms with Crippen LogP contribution in [0.3, 0.4) is 0 Å². The van der Waals surface area contributed by atoms with Crippen molar-refractivity contribution in [3.05, 3.63) is 0 Å². The Bertz CT molecular complexity index is 235. The number of hydrogen-bond acceptors (Lipinski definition) is 4. The molecule has 1 aliphatic heterocycles. The van der Waals surface area contributed by atoms with Crippen LogP contribution in [0.25, 0.3) is 0 Å². The minimum atomic E-state index is -0.407. The summed E-state index contributed by atoms with van der Waals surface area (Å²) in [5, 5.41) is 0. The summed E-state index contributed by atoms with van der Waals surface area (Å²) in [5.74, 6) is -0.503. The number of likely N-dealkylation sites (N-methyl/N-ethyl adjacent to an activating group) is 1. The molecule has 1 amide bonds. The van der Waals surface area contributed by atoms with Crippen LogP contribution in [-0.2, 0) is 14.3 Å². The van der Waals surface area contributed by atoms with Crippen molar-refractivity contribution in [1.82, 2.24) is 9.80 Å². The number of hydrogen-bond donors (Lipinski definition) is 0. The maximum atomic E-state index is 11.5. The molecule has 1 rings (SSSR count). The lowest BCUT2D eigenvalue weighted by molar-refractivity contribution is -0.151. The Kier molecular flexibility index (Phi) is 4.55. The summed E-state index contributed by atoms with van der Waals surface area (Å²) in [6, 6.07) is 0. The van der Waals surface area contributed by atoms with Gasteiger partial charge in [0.15, 0.2) is 6.61 Å². The lowest BCUT2D eigenvalue weighted by Crippen LogP contribution is -2.49. The number of piperazine rings is 1. The van der Waals surface area contributed by atoms with Crippen LogP contribution in [0.4, 0.5) is 0 Å². The Balaban J connectivity index is 2.27. The van der Waals surface area contributed by atoms with E-state index in [-0.39, 0.29) is 12.5 Å². The molecule has 0 N–H and O–H groups in total. The first-order valence-electron chi connectivity index (χ1n) is 5.27. The van der Waals surface area contributed by atoms with E-state index in [1.54, 1.807) is 4.90 Å². The number of carbonyl (C=O) groups is 2. The van der Waals surface area contributed by atoms with E-state index in [2.05, 4.69) is 16.6 Å². The van der Waals surface area contributed by atoms with Gasteiger partial charge in [0, 0.05) is 33.1 Å². The average molecular weight is 214 g/mol. The molecule has 1 fully saturated rings. The molecule has 0 saturated carbocycles. The fraction of sp³-hybridized carbons (Fsp3) is 0.800. The Morgan fingerprint density at radius 3 is 2.27 bits per heavy atom.